The summed E-state index contributed by atoms with van der Waals surface area (Å²) in [6.07, 6.45) is 0. The minimum absolute atomic E-state index is 0.132. The molecule has 2 rings (SSSR count). The molecule has 2 aromatic rings. The highest BCUT2D eigenvalue weighted by Crippen LogP contribution is 2.20. The lowest BCUT2D eigenvalue weighted by atomic mass is 10.1. The largest absolute Gasteiger partial charge is 0.326 e. The molecule has 0 saturated carbocycles. The van der Waals surface area contributed by atoms with E-state index in [9.17, 15) is 13.2 Å². The summed E-state index contributed by atoms with van der Waals surface area (Å²) in [6, 6.07) is 12.6. The second-order valence-corrected chi connectivity index (χ2v) is 7.25. The van der Waals surface area contributed by atoms with Gasteiger partial charge in [0.05, 0.1) is 4.90 Å². The van der Waals surface area contributed by atoms with Crippen LogP contribution in [0, 0.1) is 0 Å². The van der Waals surface area contributed by atoms with Crippen LogP contribution < -0.4 is 10.0 Å². The molecule has 0 radical (unpaired) electrons. The Hall–Kier alpha value is -1.89. The number of carbonyl (C=O) groups is 1. The van der Waals surface area contributed by atoms with E-state index in [-0.39, 0.29) is 10.8 Å². The molecule has 0 fully saturated rings. The maximum Gasteiger partial charge on any atom is 0.241 e. The van der Waals surface area contributed by atoms with E-state index in [1.807, 2.05) is 0 Å². The molecule has 0 aromatic heterocycles. The first-order valence-corrected chi connectivity index (χ1v) is 8.79. The number of halogens is 1. The number of rotatable bonds is 5. The van der Waals surface area contributed by atoms with Gasteiger partial charge in [-0.3, -0.25) is 4.79 Å². The number of amides is 1. The molecule has 0 aliphatic rings. The fraction of sp³-hybridized carbons (Fsp3) is 0.188. The average Bonchev–Trinajstić information content (AvgIpc) is 2.47. The van der Waals surface area contributed by atoms with Gasteiger partial charge in [-0.1, -0.05) is 23.7 Å². The number of hydrogen-bond acceptors (Lipinski definition) is 3. The first kappa shape index (κ1) is 17.5. The molecule has 7 heteroatoms. The molecule has 0 spiro atoms. The van der Waals surface area contributed by atoms with Gasteiger partial charge in [-0.15, -0.1) is 0 Å². The van der Waals surface area contributed by atoms with Crippen molar-refractivity contribution in [3.8, 4) is 0 Å². The Morgan fingerprint density at radius 3 is 2.13 bits per heavy atom. The van der Waals surface area contributed by atoms with Gasteiger partial charge < -0.3 is 5.32 Å². The fourth-order valence-corrected chi connectivity index (χ4v) is 3.40. The summed E-state index contributed by atoms with van der Waals surface area (Å²) in [5.74, 6) is -0.213. The van der Waals surface area contributed by atoms with Crippen molar-refractivity contribution in [2.45, 2.75) is 24.8 Å². The number of carbonyl (C=O) groups excluding carboxylic acids is 1. The topological polar surface area (TPSA) is 75.3 Å². The van der Waals surface area contributed by atoms with Crippen LogP contribution >= 0.6 is 11.6 Å². The zero-order chi connectivity index (χ0) is 17.0. The van der Waals surface area contributed by atoms with Gasteiger partial charge in [0, 0.05) is 23.7 Å². The number of nitrogens with one attached hydrogen (secondary N) is 2. The summed E-state index contributed by atoms with van der Waals surface area (Å²) in [5.41, 5.74) is 1.36. The third kappa shape index (κ3) is 4.79. The van der Waals surface area contributed by atoms with E-state index < -0.39 is 16.1 Å². The molecule has 0 heterocycles. The minimum Gasteiger partial charge on any atom is -0.326 e. The Bertz CT molecular complexity index is 787. The molecule has 2 aromatic carbocycles. The smallest absolute Gasteiger partial charge is 0.241 e. The standard InChI is InChI=1S/C16H17ClN2O3S/c1-11(13-3-5-14(17)6-4-13)19-23(21,22)16-9-7-15(8-10-16)18-12(2)20/h3-11,19H,1-2H3,(H,18,20). The zero-order valence-electron chi connectivity index (χ0n) is 12.7. The molecule has 1 amide bonds. The van der Waals surface area contributed by atoms with E-state index in [4.69, 9.17) is 11.6 Å². The van der Waals surface area contributed by atoms with Gasteiger partial charge in [0.2, 0.25) is 15.9 Å². The van der Waals surface area contributed by atoms with Crippen LogP contribution in [0.25, 0.3) is 0 Å². The highest BCUT2D eigenvalue weighted by atomic mass is 35.5. The van der Waals surface area contributed by atoms with E-state index in [2.05, 4.69) is 10.0 Å². The van der Waals surface area contributed by atoms with Gasteiger partial charge in [-0.25, -0.2) is 13.1 Å². The predicted octanol–water partition coefficient (Wildman–Crippen LogP) is 3.34. The third-order valence-corrected chi connectivity index (χ3v) is 5.00. The fourth-order valence-electron chi connectivity index (χ4n) is 2.04. The van der Waals surface area contributed by atoms with Crippen molar-refractivity contribution in [2.75, 3.05) is 5.32 Å². The van der Waals surface area contributed by atoms with Crippen molar-refractivity contribution in [1.82, 2.24) is 4.72 Å². The van der Waals surface area contributed by atoms with Crippen LogP contribution in [0.2, 0.25) is 5.02 Å². The quantitative estimate of drug-likeness (QED) is 0.866. The van der Waals surface area contributed by atoms with Gasteiger partial charge in [-0.05, 0) is 48.9 Å². The summed E-state index contributed by atoms with van der Waals surface area (Å²) < 4.78 is 27.4. The molecule has 122 valence electrons. The minimum atomic E-state index is -3.66. The number of sulfonamides is 1. The van der Waals surface area contributed by atoms with Crippen LogP contribution in [0.4, 0.5) is 5.69 Å². The Balaban J connectivity index is 2.14. The van der Waals surface area contributed by atoms with E-state index in [0.29, 0.717) is 10.7 Å². The molecule has 0 bridgehead atoms. The molecule has 0 aliphatic carbocycles. The van der Waals surface area contributed by atoms with Gasteiger partial charge in [-0.2, -0.15) is 0 Å². The van der Waals surface area contributed by atoms with Crippen molar-refractivity contribution in [3.63, 3.8) is 0 Å². The highest BCUT2D eigenvalue weighted by Gasteiger charge is 2.18. The SMILES string of the molecule is CC(=O)Nc1ccc(S(=O)(=O)NC(C)c2ccc(Cl)cc2)cc1. The van der Waals surface area contributed by atoms with Crippen molar-refractivity contribution >= 4 is 33.2 Å². The van der Waals surface area contributed by atoms with Crippen molar-refractivity contribution in [1.29, 1.82) is 0 Å². The van der Waals surface area contributed by atoms with E-state index in [0.717, 1.165) is 5.56 Å². The second-order valence-electron chi connectivity index (χ2n) is 5.10. The molecule has 0 aliphatic heterocycles. The Morgan fingerprint density at radius 2 is 1.61 bits per heavy atom. The van der Waals surface area contributed by atoms with Gasteiger partial charge in [0.25, 0.3) is 0 Å². The van der Waals surface area contributed by atoms with Gasteiger partial charge in [0.15, 0.2) is 0 Å². The van der Waals surface area contributed by atoms with Crippen LogP contribution in [-0.2, 0) is 14.8 Å². The van der Waals surface area contributed by atoms with Crippen molar-refractivity contribution < 1.29 is 13.2 Å². The predicted molar refractivity (Wildman–Crippen MR) is 90.9 cm³/mol. The molecular formula is C16H17ClN2O3S. The van der Waals surface area contributed by atoms with E-state index >= 15 is 0 Å². The molecule has 1 unspecified atom stereocenters. The highest BCUT2D eigenvalue weighted by molar-refractivity contribution is 7.89. The lowest BCUT2D eigenvalue weighted by molar-refractivity contribution is -0.114. The molecule has 1 atom stereocenters. The summed E-state index contributed by atoms with van der Waals surface area (Å²) >= 11 is 5.83. The monoisotopic (exact) mass is 352 g/mol. The van der Waals surface area contributed by atoms with Crippen LogP contribution in [0.15, 0.2) is 53.4 Å². The third-order valence-electron chi connectivity index (χ3n) is 3.19. The van der Waals surface area contributed by atoms with Crippen LogP contribution in [-0.4, -0.2) is 14.3 Å². The molecule has 0 saturated heterocycles. The molecule has 5 nitrogen and oxygen atoms in total. The Labute approximate surface area is 140 Å². The van der Waals surface area contributed by atoms with Gasteiger partial charge in [0.1, 0.15) is 0 Å². The first-order valence-electron chi connectivity index (χ1n) is 6.93. The average molecular weight is 353 g/mol. The van der Waals surface area contributed by atoms with E-state index in [1.54, 1.807) is 43.3 Å². The summed E-state index contributed by atoms with van der Waals surface area (Å²) in [6.45, 7) is 3.15. The molecule has 23 heavy (non-hydrogen) atoms. The summed E-state index contributed by atoms with van der Waals surface area (Å²) in [7, 11) is -3.66. The Kier molecular flexibility index (Phi) is 5.41. The van der Waals surface area contributed by atoms with Crippen LogP contribution in [0.1, 0.15) is 25.5 Å². The van der Waals surface area contributed by atoms with Crippen LogP contribution in [0.3, 0.4) is 0 Å². The summed E-state index contributed by atoms with van der Waals surface area (Å²) in [4.78, 5) is 11.1. The van der Waals surface area contributed by atoms with E-state index in [1.165, 1.54) is 19.1 Å². The van der Waals surface area contributed by atoms with Crippen LogP contribution in [0.5, 0.6) is 0 Å². The number of anilines is 1. The lowest BCUT2D eigenvalue weighted by Gasteiger charge is -2.15. The molecule has 2 N–H and O–H groups in total. The Morgan fingerprint density at radius 1 is 1.04 bits per heavy atom. The summed E-state index contributed by atoms with van der Waals surface area (Å²) in [5, 5.41) is 3.18. The normalized spacial score (nSPS) is 12.7. The number of hydrogen-bond donors (Lipinski definition) is 2. The first-order chi connectivity index (χ1) is 10.8. The number of benzene rings is 2. The maximum atomic E-state index is 12.4. The molecular weight excluding hydrogens is 336 g/mol. The second kappa shape index (κ2) is 7.12. The van der Waals surface area contributed by atoms with Crippen molar-refractivity contribution in [3.05, 3.63) is 59.1 Å². The zero-order valence-corrected chi connectivity index (χ0v) is 14.3. The van der Waals surface area contributed by atoms with Gasteiger partial charge >= 0.3 is 0 Å². The maximum absolute atomic E-state index is 12.4. The lowest BCUT2D eigenvalue weighted by Crippen LogP contribution is -2.26. The van der Waals surface area contributed by atoms with Crippen molar-refractivity contribution in [2.24, 2.45) is 0 Å².